The van der Waals surface area contributed by atoms with Crippen molar-refractivity contribution in [2.45, 2.75) is 90.4 Å². The van der Waals surface area contributed by atoms with Crippen LogP contribution in [0.4, 0.5) is 0 Å². The highest BCUT2D eigenvalue weighted by Gasteiger charge is 2.00. The van der Waals surface area contributed by atoms with Gasteiger partial charge in [-0.15, -0.1) is 6.58 Å². The lowest BCUT2D eigenvalue weighted by atomic mass is 10.0. The van der Waals surface area contributed by atoms with Crippen LogP contribution in [0.15, 0.2) is 12.7 Å². The second kappa shape index (κ2) is 15.5. The summed E-state index contributed by atoms with van der Waals surface area (Å²) in [5.74, 6) is 0.0862. The molecule has 1 atom stereocenters. The molecule has 1 heteroatoms. The smallest absolute Gasteiger partial charge is 0.126 e. The van der Waals surface area contributed by atoms with E-state index in [-0.39, 0.29) is 5.92 Å². The number of hydrogen-bond acceptors (Lipinski definition) is 1. The van der Waals surface area contributed by atoms with E-state index in [0.29, 0.717) is 0 Å². The third kappa shape index (κ3) is 13.6. The number of aldehydes is 1. The van der Waals surface area contributed by atoms with Crippen LogP contribution in [0.3, 0.4) is 0 Å². The fourth-order valence-electron chi connectivity index (χ4n) is 2.46. The van der Waals surface area contributed by atoms with E-state index in [4.69, 9.17) is 0 Å². The molecule has 0 aliphatic carbocycles. The van der Waals surface area contributed by atoms with Gasteiger partial charge in [0.25, 0.3) is 0 Å². The van der Waals surface area contributed by atoms with Gasteiger partial charge in [0.05, 0.1) is 0 Å². The molecule has 0 aliphatic heterocycles. The van der Waals surface area contributed by atoms with E-state index in [1.165, 1.54) is 77.0 Å². The quantitative estimate of drug-likeness (QED) is 0.199. The second-order valence-electron chi connectivity index (χ2n) is 5.71. The largest absolute Gasteiger partial charge is 0.303 e. The van der Waals surface area contributed by atoms with Crippen molar-refractivity contribution in [3.05, 3.63) is 12.7 Å². The molecule has 0 aromatic heterocycles. The van der Waals surface area contributed by atoms with Gasteiger partial charge < -0.3 is 4.79 Å². The Balaban J connectivity index is 3.06. The van der Waals surface area contributed by atoms with E-state index in [1.54, 1.807) is 6.08 Å². The fourth-order valence-corrected chi connectivity index (χ4v) is 2.46. The van der Waals surface area contributed by atoms with Crippen molar-refractivity contribution in [2.75, 3.05) is 0 Å². The molecule has 0 rings (SSSR count). The molecule has 0 aliphatic rings. The van der Waals surface area contributed by atoms with E-state index in [9.17, 15) is 4.79 Å². The summed E-state index contributed by atoms with van der Waals surface area (Å²) in [6, 6.07) is 0. The van der Waals surface area contributed by atoms with Crippen LogP contribution >= 0.6 is 0 Å². The van der Waals surface area contributed by atoms with E-state index in [0.717, 1.165) is 12.7 Å². The molecule has 0 spiro atoms. The number of carbonyl (C=O) groups excluding carboxylic acids is 1. The Bertz CT molecular complexity index is 190. The normalized spacial score (nSPS) is 12.3. The molecular weight excluding hydrogens is 232 g/mol. The second-order valence-corrected chi connectivity index (χ2v) is 5.71. The minimum atomic E-state index is 0.0862. The maximum absolute atomic E-state index is 10.6. The molecule has 0 N–H and O–H groups in total. The van der Waals surface area contributed by atoms with Gasteiger partial charge in [-0.2, -0.15) is 0 Å². The van der Waals surface area contributed by atoms with Crippen LogP contribution in [0.25, 0.3) is 0 Å². The molecule has 0 saturated heterocycles. The first kappa shape index (κ1) is 18.4. The van der Waals surface area contributed by atoms with Crippen molar-refractivity contribution in [3.63, 3.8) is 0 Å². The van der Waals surface area contributed by atoms with Gasteiger partial charge in [0.1, 0.15) is 6.29 Å². The third-order valence-corrected chi connectivity index (χ3v) is 3.87. The number of hydrogen-bond donors (Lipinski definition) is 0. The van der Waals surface area contributed by atoms with Crippen LogP contribution in [0.1, 0.15) is 90.4 Å². The topological polar surface area (TPSA) is 17.1 Å². The highest BCUT2D eigenvalue weighted by molar-refractivity contribution is 5.56. The summed E-state index contributed by atoms with van der Waals surface area (Å²) in [5.41, 5.74) is 0. The molecule has 1 unspecified atom stereocenters. The molecule has 0 bridgehead atoms. The predicted octanol–water partition coefficient (Wildman–Crippen LogP) is 6.08. The van der Waals surface area contributed by atoms with Crippen molar-refractivity contribution in [2.24, 2.45) is 5.92 Å². The summed E-state index contributed by atoms with van der Waals surface area (Å²) < 4.78 is 0. The molecule has 1 nitrogen and oxygen atoms in total. The number of unbranched alkanes of at least 4 members (excludes halogenated alkanes) is 11. The number of carbonyl (C=O) groups is 1. The van der Waals surface area contributed by atoms with E-state index < -0.39 is 0 Å². The van der Waals surface area contributed by atoms with Gasteiger partial charge in [-0.25, -0.2) is 0 Å². The zero-order valence-electron chi connectivity index (χ0n) is 13.0. The average Bonchev–Trinajstić information content (AvgIpc) is 2.44. The molecule has 0 saturated carbocycles. The van der Waals surface area contributed by atoms with Crippen LogP contribution in [0.5, 0.6) is 0 Å². The lowest BCUT2D eigenvalue weighted by molar-refractivity contribution is -0.110. The Kier molecular flexibility index (Phi) is 15.0. The summed E-state index contributed by atoms with van der Waals surface area (Å²) in [5, 5.41) is 0. The van der Waals surface area contributed by atoms with Gasteiger partial charge in [-0.1, -0.05) is 90.0 Å². The summed E-state index contributed by atoms with van der Waals surface area (Å²) in [7, 11) is 0. The molecule has 112 valence electrons. The highest BCUT2D eigenvalue weighted by atomic mass is 16.1. The zero-order valence-corrected chi connectivity index (χ0v) is 13.0. The van der Waals surface area contributed by atoms with Gasteiger partial charge in [0.15, 0.2) is 0 Å². The molecule has 19 heavy (non-hydrogen) atoms. The van der Waals surface area contributed by atoms with Crippen LogP contribution in [0.2, 0.25) is 0 Å². The summed E-state index contributed by atoms with van der Waals surface area (Å²) >= 11 is 0. The van der Waals surface area contributed by atoms with Gasteiger partial charge >= 0.3 is 0 Å². The van der Waals surface area contributed by atoms with Crippen molar-refractivity contribution in [3.8, 4) is 0 Å². The molecule has 0 fully saturated rings. The van der Waals surface area contributed by atoms with Gasteiger partial charge in [0, 0.05) is 5.92 Å². The summed E-state index contributed by atoms with van der Waals surface area (Å²) in [6.07, 6.45) is 20.2. The zero-order chi connectivity index (χ0) is 14.2. The molecular formula is C18H34O. The van der Waals surface area contributed by atoms with Crippen LogP contribution in [-0.4, -0.2) is 6.29 Å². The number of allylic oxidation sites excluding steroid dienone is 1. The molecule has 0 aromatic carbocycles. The minimum absolute atomic E-state index is 0.0862. The molecule has 0 amide bonds. The SMILES string of the molecule is C=CC(C=O)CCCCCCCCCCCCCC. The number of rotatable bonds is 15. The Labute approximate surface area is 120 Å². The van der Waals surface area contributed by atoms with Crippen molar-refractivity contribution in [1.82, 2.24) is 0 Å². The lowest BCUT2D eigenvalue weighted by Crippen LogP contribution is -1.96. The van der Waals surface area contributed by atoms with Crippen LogP contribution < -0.4 is 0 Å². The van der Waals surface area contributed by atoms with Crippen molar-refractivity contribution in [1.29, 1.82) is 0 Å². The average molecular weight is 266 g/mol. The van der Waals surface area contributed by atoms with Crippen molar-refractivity contribution < 1.29 is 4.79 Å². The standard InChI is InChI=1S/C18H34O/c1-3-5-6-7-8-9-10-11-12-13-14-15-16-18(4-2)17-19/h4,17-18H,2-3,5-16H2,1H3. The first-order valence-electron chi connectivity index (χ1n) is 8.43. The summed E-state index contributed by atoms with van der Waals surface area (Å²) in [4.78, 5) is 10.6. The Hall–Kier alpha value is -0.590. The maximum Gasteiger partial charge on any atom is 0.126 e. The van der Waals surface area contributed by atoms with Gasteiger partial charge in [0.2, 0.25) is 0 Å². The minimum Gasteiger partial charge on any atom is -0.303 e. The van der Waals surface area contributed by atoms with E-state index in [1.807, 2.05) is 0 Å². The molecule has 0 heterocycles. The Morgan fingerprint density at radius 3 is 1.58 bits per heavy atom. The van der Waals surface area contributed by atoms with Crippen LogP contribution in [0, 0.1) is 5.92 Å². The fraction of sp³-hybridized carbons (Fsp3) is 0.833. The van der Waals surface area contributed by atoms with Gasteiger partial charge in [-0.05, 0) is 6.42 Å². The predicted molar refractivity (Wildman–Crippen MR) is 85.4 cm³/mol. The monoisotopic (exact) mass is 266 g/mol. The summed E-state index contributed by atoms with van der Waals surface area (Å²) in [6.45, 7) is 5.95. The lowest BCUT2D eigenvalue weighted by Gasteiger charge is -2.04. The van der Waals surface area contributed by atoms with E-state index in [2.05, 4.69) is 13.5 Å². The Morgan fingerprint density at radius 1 is 0.789 bits per heavy atom. The Morgan fingerprint density at radius 2 is 1.21 bits per heavy atom. The highest BCUT2D eigenvalue weighted by Crippen LogP contribution is 2.14. The molecule has 0 radical (unpaired) electrons. The van der Waals surface area contributed by atoms with Crippen molar-refractivity contribution >= 4 is 6.29 Å². The van der Waals surface area contributed by atoms with Crippen LogP contribution in [-0.2, 0) is 4.79 Å². The third-order valence-electron chi connectivity index (χ3n) is 3.87. The first-order valence-corrected chi connectivity index (χ1v) is 8.43. The van der Waals surface area contributed by atoms with Gasteiger partial charge in [-0.3, -0.25) is 0 Å². The first-order chi connectivity index (χ1) is 9.35. The molecule has 0 aromatic rings. The van der Waals surface area contributed by atoms with E-state index >= 15 is 0 Å². The maximum atomic E-state index is 10.6.